The van der Waals surface area contributed by atoms with Crippen molar-refractivity contribution in [2.75, 3.05) is 6.26 Å². The molecule has 0 fully saturated rings. The van der Waals surface area contributed by atoms with Crippen LogP contribution in [0.4, 0.5) is 4.39 Å². The van der Waals surface area contributed by atoms with Gasteiger partial charge in [0.15, 0.2) is 0 Å². The van der Waals surface area contributed by atoms with E-state index in [9.17, 15) is 4.39 Å². The minimum absolute atomic E-state index is 0.186. The van der Waals surface area contributed by atoms with Gasteiger partial charge in [-0.15, -0.1) is 11.8 Å². The first-order chi connectivity index (χ1) is 10.9. The summed E-state index contributed by atoms with van der Waals surface area (Å²) in [5, 5.41) is 0.380. The van der Waals surface area contributed by atoms with Crippen molar-refractivity contribution in [1.82, 2.24) is 10.9 Å². The number of hydrazine groups is 1. The van der Waals surface area contributed by atoms with Crippen LogP contribution in [0.5, 0.6) is 0 Å². The second-order valence-corrected chi connectivity index (χ2v) is 6.34. The van der Waals surface area contributed by atoms with Gasteiger partial charge >= 0.3 is 0 Å². The normalized spacial score (nSPS) is 20.3. The van der Waals surface area contributed by atoms with Crippen LogP contribution < -0.4 is 22.3 Å². The van der Waals surface area contributed by atoms with Gasteiger partial charge in [-0.2, -0.15) is 5.43 Å². The average molecular weight is 352 g/mol. The van der Waals surface area contributed by atoms with Gasteiger partial charge in [-0.05, 0) is 24.5 Å². The van der Waals surface area contributed by atoms with Gasteiger partial charge < -0.3 is 5.73 Å². The number of aliphatic imine (C=N–C) groups is 1. The van der Waals surface area contributed by atoms with Gasteiger partial charge in [0.25, 0.3) is 0 Å². The molecule has 0 saturated heterocycles. The molecule has 120 valence electrons. The molecule has 1 atom stereocenters. The summed E-state index contributed by atoms with van der Waals surface area (Å²) in [7, 11) is 0. The molecule has 8 heteroatoms. The van der Waals surface area contributed by atoms with E-state index in [0.29, 0.717) is 21.7 Å². The predicted octanol–water partition coefficient (Wildman–Crippen LogP) is 2.36. The molecule has 6 N–H and O–H groups in total. The smallest absolute Gasteiger partial charge is 0.209 e. The summed E-state index contributed by atoms with van der Waals surface area (Å²) in [6.07, 6.45) is 1.89. The largest absolute Gasteiger partial charge is 0.369 e. The van der Waals surface area contributed by atoms with Gasteiger partial charge in [-0.1, -0.05) is 29.8 Å². The molecule has 1 aliphatic rings. The molecule has 1 heterocycles. The molecule has 0 aliphatic carbocycles. The van der Waals surface area contributed by atoms with E-state index in [4.69, 9.17) is 23.1 Å². The molecule has 23 heavy (non-hydrogen) atoms. The summed E-state index contributed by atoms with van der Waals surface area (Å²) in [6.45, 7) is 0. The second kappa shape index (κ2) is 6.01. The van der Waals surface area contributed by atoms with Crippen LogP contribution in [-0.2, 0) is 5.79 Å². The highest BCUT2D eigenvalue weighted by atomic mass is 35.5. The van der Waals surface area contributed by atoms with Gasteiger partial charge in [0.2, 0.25) is 11.7 Å². The molecule has 3 rings (SSSR count). The van der Waals surface area contributed by atoms with E-state index in [1.165, 1.54) is 17.8 Å². The quantitative estimate of drug-likeness (QED) is 0.637. The Morgan fingerprint density at radius 3 is 2.52 bits per heavy atom. The standard InChI is InChI=1S/C15H15ClFN5S/c1-23-9-3-5-11(13(17)7-9)10-4-2-8(6-12(10)16)15(19)20-14(18)21-22-15/h2-7,22H,19H2,1H3,(H3,18,20,21). The number of guanidine groups is 1. The average Bonchev–Trinajstić information content (AvgIpc) is 2.88. The van der Waals surface area contributed by atoms with E-state index in [1.807, 2.05) is 12.3 Å². The zero-order valence-electron chi connectivity index (χ0n) is 12.2. The van der Waals surface area contributed by atoms with Crippen LogP contribution in [-0.4, -0.2) is 12.2 Å². The first kappa shape index (κ1) is 16.1. The maximum atomic E-state index is 14.3. The molecule has 0 spiro atoms. The molecule has 5 nitrogen and oxygen atoms in total. The maximum absolute atomic E-state index is 14.3. The third-order valence-electron chi connectivity index (χ3n) is 3.55. The summed E-state index contributed by atoms with van der Waals surface area (Å²) < 4.78 is 14.3. The minimum atomic E-state index is -1.20. The topological polar surface area (TPSA) is 88.5 Å². The SMILES string of the molecule is CSc1ccc(-c2ccc(C3(N)N=C(N)NN3)cc2Cl)c(F)c1. The van der Waals surface area contributed by atoms with E-state index in [1.54, 1.807) is 24.3 Å². The van der Waals surface area contributed by atoms with Gasteiger partial charge in [-0.25, -0.2) is 9.38 Å². The van der Waals surface area contributed by atoms with Crippen LogP contribution in [0.15, 0.2) is 46.3 Å². The fraction of sp³-hybridized carbons (Fsp3) is 0.133. The summed E-state index contributed by atoms with van der Waals surface area (Å²) in [5.74, 6) is -1.34. The molecule has 0 amide bonds. The van der Waals surface area contributed by atoms with Crippen molar-refractivity contribution in [3.8, 4) is 11.1 Å². The maximum Gasteiger partial charge on any atom is 0.209 e. The van der Waals surface area contributed by atoms with Gasteiger partial charge in [-0.3, -0.25) is 11.2 Å². The highest BCUT2D eigenvalue weighted by molar-refractivity contribution is 7.98. The Morgan fingerprint density at radius 2 is 1.96 bits per heavy atom. The Hall–Kier alpha value is -1.80. The second-order valence-electron chi connectivity index (χ2n) is 5.05. The highest BCUT2D eigenvalue weighted by Gasteiger charge is 2.32. The van der Waals surface area contributed by atoms with Crippen LogP contribution >= 0.6 is 23.4 Å². The van der Waals surface area contributed by atoms with E-state index < -0.39 is 5.79 Å². The Morgan fingerprint density at radius 1 is 1.22 bits per heavy atom. The van der Waals surface area contributed by atoms with Crippen LogP contribution in [0.25, 0.3) is 11.1 Å². The van der Waals surface area contributed by atoms with Crippen molar-refractivity contribution < 1.29 is 4.39 Å². The first-order valence-corrected chi connectivity index (χ1v) is 8.34. The van der Waals surface area contributed by atoms with Crippen molar-refractivity contribution in [2.45, 2.75) is 10.7 Å². The van der Waals surface area contributed by atoms with Crippen molar-refractivity contribution in [2.24, 2.45) is 16.5 Å². The predicted molar refractivity (Wildman–Crippen MR) is 92.4 cm³/mol. The van der Waals surface area contributed by atoms with E-state index in [2.05, 4.69) is 15.8 Å². The zero-order chi connectivity index (χ0) is 16.6. The lowest BCUT2D eigenvalue weighted by Gasteiger charge is -2.21. The summed E-state index contributed by atoms with van der Waals surface area (Å²) >= 11 is 7.81. The number of halogens is 2. The molecular formula is C15H15ClFN5S. The minimum Gasteiger partial charge on any atom is -0.369 e. The molecule has 0 radical (unpaired) electrons. The van der Waals surface area contributed by atoms with E-state index in [0.717, 1.165) is 4.90 Å². The monoisotopic (exact) mass is 351 g/mol. The van der Waals surface area contributed by atoms with Crippen LogP contribution in [0.1, 0.15) is 5.56 Å². The Kier molecular flexibility index (Phi) is 4.20. The third-order valence-corrected chi connectivity index (χ3v) is 4.59. The summed E-state index contributed by atoms with van der Waals surface area (Å²) in [6, 6.07) is 10.2. The number of nitrogens with one attached hydrogen (secondary N) is 2. The molecule has 2 aromatic rings. The summed E-state index contributed by atoms with van der Waals surface area (Å²) in [5.41, 5.74) is 18.7. The van der Waals surface area contributed by atoms with E-state index >= 15 is 0 Å². The number of hydrogen-bond donors (Lipinski definition) is 4. The highest BCUT2D eigenvalue weighted by Crippen LogP contribution is 2.34. The third kappa shape index (κ3) is 3.00. The fourth-order valence-electron chi connectivity index (χ4n) is 2.35. The lowest BCUT2D eigenvalue weighted by molar-refractivity contribution is 0.375. The molecule has 2 aromatic carbocycles. The number of hydrogen-bond acceptors (Lipinski definition) is 6. The number of thioether (sulfide) groups is 1. The Bertz CT molecular complexity index is 797. The molecule has 1 aliphatic heterocycles. The lowest BCUT2D eigenvalue weighted by Crippen LogP contribution is -2.50. The number of nitrogens with zero attached hydrogens (tertiary/aromatic N) is 1. The fourth-order valence-corrected chi connectivity index (χ4v) is 3.06. The Balaban J connectivity index is 2.00. The number of rotatable bonds is 3. The van der Waals surface area contributed by atoms with Gasteiger partial charge in [0, 0.05) is 26.6 Å². The number of benzene rings is 2. The lowest BCUT2D eigenvalue weighted by atomic mass is 10.0. The van der Waals surface area contributed by atoms with Crippen molar-refractivity contribution >= 4 is 29.3 Å². The number of nitrogens with two attached hydrogens (primary N) is 2. The molecule has 0 bridgehead atoms. The Labute approximate surface area is 142 Å². The molecule has 0 saturated carbocycles. The van der Waals surface area contributed by atoms with Crippen molar-refractivity contribution in [1.29, 1.82) is 0 Å². The van der Waals surface area contributed by atoms with Crippen LogP contribution in [0.3, 0.4) is 0 Å². The summed E-state index contributed by atoms with van der Waals surface area (Å²) in [4.78, 5) is 4.94. The van der Waals surface area contributed by atoms with Crippen molar-refractivity contribution in [3.63, 3.8) is 0 Å². The van der Waals surface area contributed by atoms with Crippen LogP contribution in [0.2, 0.25) is 5.02 Å². The molecular weight excluding hydrogens is 337 g/mol. The van der Waals surface area contributed by atoms with Crippen LogP contribution in [0, 0.1) is 5.82 Å². The molecule has 0 aromatic heterocycles. The van der Waals surface area contributed by atoms with Gasteiger partial charge in [0.05, 0.1) is 0 Å². The zero-order valence-corrected chi connectivity index (χ0v) is 13.8. The molecule has 1 unspecified atom stereocenters. The van der Waals surface area contributed by atoms with Gasteiger partial charge in [0.1, 0.15) is 5.82 Å². The van der Waals surface area contributed by atoms with Crippen molar-refractivity contribution in [3.05, 3.63) is 52.8 Å². The first-order valence-electron chi connectivity index (χ1n) is 6.74. The van der Waals surface area contributed by atoms with E-state index in [-0.39, 0.29) is 11.8 Å².